The van der Waals surface area contributed by atoms with E-state index in [2.05, 4.69) is 5.32 Å². The SMILES string of the molecule is CC[C@@H](C)NC(=O)[C@@H](CC)N(Cc1ccccc1Cl)C(=O)CN(c1cc(Cl)cc(Cl)c1)S(=O)(=O)c1ccccc1. The van der Waals surface area contributed by atoms with Gasteiger partial charge in [-0.25, -0.2) is 8.42 Å². The van der Waals surface area contributed by atoms with Crippen LogP contribution in [-0.4, -0.2) is 43.8 Å². The van der Waals surface area contributed by atoms with Crippen LogP contribution in [0.2, 0.25) is 15.1 Å². The highest BCUT2D eigenvalue weighted by molar-refractivity contribution is 7.92. The Morgan fingerprint density at radius 1 is 0.875 bits per heavy atom. The van der Waals surface area contributed by atoms with Crippen molar-refractivity contribution in [1.82, 2.24) is 10.2 Å². The summed E-state index contributed by atoms with van der Waals surface area (Å²) in [6, 6.07) is 18.1. The lowest BCUT2D eigenvalue weighted by atomic mass is 10.1. The predicted molar refractivity (Wildman–Crippen MR) is 161 cm³/mol. The second-order valence-corrected chi connectivity index (χ2v) is 12.4. The summed E-state index contributed by atoms with van der Waals surface area (Å²) >= 11 is 18.9. The van der Waals surface area contributed by atoms with Crippen LogP contribution in [0.3, 0.4) is 0 Å². The second kappa shape index (κ2) is 14.2. The fourth-order valence-corrected chi connectivity index (χ4v) is 6.23. The molecule has 0 radical (unpaired) electrons. The maximum atomic E-state index is 14.1. The van der Waals surface area contributed by atoms with Crippen LogP contribution >= 0.6 is 34.8 Å². The zero-order chi connectivity index (χ0) is 29.4. The molecule has 0 aliphatic carbocycles. The maximum Gasteiger partial charge on any atom is 0.264 e. The van der Waals surface area contributed by atoms with E-state index in [9.17, 15) is 18.0 Å². The van der Waals surface area contributed by atoms with E-state index in [-0.39, 0.29) is 39.1 Å². The van der Waals surface area contributed by atoms with Gasteiger partial charge in [-0.15, -0.1) is 0 Å². The number of carbonyl (C=O) groups is 2. The third-order valence-electron chi connectivity index (χ3n) is 6.43. The van der Waals surface area contributed by atoms with Crippen molar-refractivity contribution in [3.63, 3.8) is 0 Å². The topological polar surface area (TPSA) is 86.8 Å². The molecule has 11 heteroatoms. The molecule has 0 aliphatic heterocycles. The van der Waals surface area contributed by atoms with Crippen LogP contribution in [-0.2, 0) is 26.2 Å². The summed E-state index contributed by atoms with van der Waals surface area (Å²) in [5.74, 6) is -0.929. The molecule has 0 saturated heterocycles. The minimum Gasteiger partial charge on any atom is -0.352 e. The van der Waals surface area contributed by atoms with E-state index in [0.717, 1.165) is 4.31 Å². The molecule has 40 heavy (non-hydrogen) atoms. The number of sulfonamides is 1. The van der Waals surface area contributed by atoms with Crippen molar-refractivity contribution in [3.05, 3.63) is 93.4 Å². The highest BCUT2D eigenvalue weighted by Crippen LogP contribution is 2.30. The first-order chi connectivity index (χ1) is 19.0. The number of halogens is 3. The monoisotopic (exact) mass is 623 g/mol. The van der Waals surface area contributed by atoms with Gasteiger partial charge in [0.25, 0.3) is 10.0 Å². The lowest BCUT2D eigenvalue weighted by Crippen LogP contribution is -2.53. The highest BCUT2D eigenvalue weighted by atomic mass is 35.5. The molecular formula is C29H32Cl3N3O4S. The van der Waals surface area contributed by atoms with Crippen LogP contribution in [0, 0.1) is 0 Å². The number of hydrogen-bond donors (Lipinski definition) is 1. The van der Waals surface area contributed by atoms with E-state index in [1.165, 1.54) is 35.2 Å². The van der Waals surface area contributed by atoms with E-state index in [1.54, 1.807) is 49.4 Å². The Morgan fingerprint density at radius 2 is 1.48 bits per heavy atom. The van der Waals surface area contributed by atoms with Crippen LogP contribution in [0.25, 0.3) is 0 Å². The Kier molecular flexibility index (Phi) is 11.3. The number of anilines is 1. The Labute approximate surface area is 251 Å². The Hall–Kier alpha value is -2.78. The number of carbonyl (C=O) groups excluding carboxylic acids is 2. The van der Waals surface area contributed by atoms with E-state index >= 15 is 0 Å². The first kappa shape index (κ1) is 31.7. The third kappa shape index (κ3) is 7.91. The van der Waals surface area contributed by atoms with Crippen LogP contribution < -0.4 is 9.62 Å². The number of amides is 2. The molecule has 3 rings (SSSR count). The largest absolute Gasteiger partial charge is 0.352 e. The normalized spacial score (nSPS) is 12.8. The van der Waals surface area contributed by atoms with E-state index in [4.69, 9.17) is 34.8 Å². The Bertz CT molecular complexity index is 1420. The first-order valence-electron chi connectivity index (χ1n) is 12.8. The summed E-state index contributed by atoms with van der Waals surface area (Å²) in [5, 5.41) is 3.77. The number of benzene rings is 3. The molecule has 2 atom stereocenters. The van der Waals surface area contributed by atoms with Crippen LogP contribution in [0.1, 0.15) is 39.2 Å². The fourth-order valence-electron chi connectivity index (χ4n) is 4.10. The minimum atomic E-state index is -4.23. The first-order valence-corrected chi connectivity index (χ1v) is 15.4. The van der Waals surface area contributed by atoms with Crippen LogP contribution in [0.5, 0.6) is 0 Å². The number of hydrogen-bond acceptors (Lipinski definition) is 4. The van der Waals surface area contributed by atoms with Gasteiger partial charge in [0, 0.05) is 27.7 Å². The maximum absolute atomic E-state index is 14.1. The average molecular weight is 625 g/mol. The van der Waals surface area contributed by atoms with Crippen molar-refractivity contribution >= 4 is 62.3 Å². The predicted octanol–water partition coefficient (Wildman–Crippen LogP) is 6.56. The Morgan fingerprint density at radius 3 is 2.05 bits per heavy atom. The van der Waals surface area contributed by atoms with E-state index in [1.807, 2.05) is 13.8 Å². The average Bonchev–Trinajstić information content (AvgIpc) is 2.92. The van der Waals surface area contributed by atoms with Gasteiger partial charge in [-0.2, -0.15) is 0 Å². The molecular weight excluding hydrogens is 593 g/mol. The molecule has 2 amide bonds. The molecule has 0 heterocycles. The van der Waals surface area contributed by atoms with Gasteiger partial charge >= 0.3 is 0 Å². The van der Waals surface area contributed by atoms with E-state index in [0.29, 0.717) is 23.4 Å². The molecule has 1 N–H and O–H groups in total. The summed E-state index contributed by atoms with van der Waals surface area (Å²) < 4.78 is 28.7. The number of rotatable bonds is 12. The molecule has 0 unspecified atom stereocenters. The van der Waals surface area contributed by atoms with Crippen molar-refractivity contribution in [2.75, 3.05) is 10.8 Å². The summed E-state index contributed by atoms with van der Waals surface area (Å²) in [7, 11) is -4.23. The van der Waals surface area contributed by atoms with Gasteiger partial charge in [0.2, 0.25) is 11.8 Å². The van der Waals surface area contributed by atoms with Gasteiger partial charge in [-0.1, -0.05) is 85.0 Å². The van der Waals surface area contributed by atoms with Crippen LogP contribution in [0.4, 0.5) is 5.69 Å². The van der Waals surface area contributed by atoms with Gasteiger partial charge in [0.1, 0.15) is 12.6 Å². The molecule has 0 fully saturated rings. The molecule has 0 saturated carbocycles. The highest BCUT2D eigenvalue weighted by Gasteiger charge is 2.34. The van der Waals surface area contributed by atoms with Gasteiger partial charge in [0.05, 0.1) is 10.6 Å². The molecule has 0 aliphatic rings. The summed E-state index contributed by atoms with van der Waals surface area (Å²) in [4.78, 5) is 28.8. The van der Waals surface area contributed by atoms with Crippen molar-refractivity contribution < 1.29 is 18.0 Å². The summed E-state index contributed by atoms with van der Waals surface area (Å²) in [5.41, 5.74) is 0.736. The molecule has 0 bridgehead atoms. The molecule has 3 aromatic carbocycles. The molecule has 0 spiro atoms. The number of nitrogens with one attached hydrogen (secondary N) is 1. The van der Waals surface area contributed by atoms with Crippen LogP contribution in [0.15, 0.2) is 77.7 Å². The van der Waals surface area contributed by atoms with Gasteiger partial charge in [-0.05, 0) is 61.7 Å². The minimum absolute atomic E-state index is 0.000462. The zero-order valence-electron chi connectivity index (χ0n) is 22.5. The van der Waals surface area contributed by atoms with Gasteiger partial charge < -0.3 is 10.2 Å². The standard InChI is InChI=1S/C29H32Cl3N3O4S/c1-4-20(3)33-29(37)27(5-2)34(18-21-11-9-10-14-26(21)32)28(36)19-35(24-16-22(30)15-23(31)17-24)40(38,39)25-12-7-6-8-13-25/h6-17,20,27H,4-5,18-19H2,1-3H3,(H,33,37)/t20-,27-/m1/s1. The van der Waals surface area contributed by atoms with Gasteiger partial charge in [0.15, 0.2) is 0 Å². The molecule has 214 valence electrons. The zero-order valence-corrected chi connectivity index (χ0v) is 25.6. The quantitative estimate of drug-likeness (QED) is 0.247. The summed E-state index contributed by atoms with van der Waals surface area (Å²) in [6.45, 7) is 5.01. The van der Waals surface area contributed by atoms with Crippen molar-refractivity contribution in [1.29, 1.82) is 0 Å². The molecule has 3 aromatic rings. The Balaban J connectivity index is 2.09. The molecule has 0 aromatic heterocycles. The molecule has 7 nitrogen and oxygen atoms in total. The van der Waals surface area contributed by atoms with E-state index < -0.39 is 28.5 Å². The van der Waals surface area contributed by atoms with Crippen molar-refractivity contribution in [2.45, 2.75) is 57.1 Å². The smallest absolute Gasteiger partial charge is 0.264 e. The van der Waals surface area contributed by atoms with Crippen molar-refractivity contribution in [2.24, 2.45) is 0 Å². The van der Waals surface area contributed by atoms with Crippen molar-refractivity contribution in [3.8, 4) is 0 Å². The number of nitrogens with zero attached hydrogens (tertiary/aromatic N) is 2. The third-order valence-corrected chi connectivity index (χ3v) is 9.02. The van der Waals surface area contributed by atoms with Gasteiger partial charge in [-0.3, -0.25) is 13.9 Å². The lowest BCUT2D eigenvalue weighted by molar-refractivity contribution is -0.140. The summed E-state index contributed by atoms with van der Waals surface area (Å²) in [6.07, 6.45) is 1.01. The second-order valence-electron chi connectivity index (χ2n) is 9.31. The lowest BCUT2D eigenvalue weighted by Gasteiger charge is -2.34. The fraction of sp³-hybridized carbons (Fsp3) is 0.310.